The Morgan fingerprint density at radius 3 is 2.50 bits per heavy atom. The number of nitrogens with two attached hydrogens (primary N) is 2. The van der Waals surface area contributed by atoms with E-state index in [1.165, 1.54) is 4.88 Å². The second-order valence-corrected chi connectivity index (χ2v) is 9.71. The molecule has 0 spiro atoms. The third-order valence-electron chi connectivity index (χ3n) is 5.57. The molecule has 202 valence electrons. The van der Waals surface area contributed by atoms with Gasteiger partial charge >= 0.3 is 0 Å². The number of amides is 1. The summed E-state index contributed by atoms with van der Waals surface area (Å²) < 4.78 is 0. The fourth-order valence-corrected chi connectivity index (χ4v) is 4.47. The Morgan fingerprint density at radius 2 is 1.84 bits per heavy atom. The van der Waals surface area contributed by atoms with Crippen molar-refractivity contribution < 1.29 is 4.79 Å². The van der Waals surface area contributed by atoms with Gasteiger partial charge in [0.25, 0.3) is 5.91 Å². The summed E-state index contributed by atoms with van der Waals surface area (Å²) in [7, 11) is 0. The van der Waals surface area contributed by atoms with E-state index >= 15 is 0 Å². The van der Waals surface area contributed by atoms with E-state index in [1.807, 2.05) is 37.3 Å². The number of nitrogens with one attached hydrogen (secondary N) is 3. The zero-order valence-corrected chi connectivity index (χ0v) is 23.4. The van der Waals surface area contributed by atoms with Gasteiger partial charge in [-0.15, -0.1) is 11.3 Å². The van der Waals surface area contributed by atoms with E-state index in [1.54, 1.807) is 35.8 Å². The minimum absolute atomic E-state index is 0.127. The third-order valence-corrected chi connectivity index (χ3v) is 6.80. The molecule has 3 aromatic rings. The molecule has 0 bridgehead atoms. The van der Waals surface area contributed by atoms with Crippen LogP contribution in [0.2, 0.25) is 0 Å². The lowest BCUT2D eigenvalue weighted by Crippen LogP contribution is -2.22. The number of rotatable bonds is 12. The van der Waals surface area contributed by atoms with Crippen molar-refractivity contribution in [3.8, 4) is 0 Å². The first-order valence-corrected chi connectivity index (χ1v) is 13.6. The van der Waals surface area contributed by atoms with Gasteiger partial charge in [0.2, 0.25) is 0 Å². The highest BCUT2D eigenvalue weighted by atomic mass is 32.1. The van der Waals surface area contributed by atoms with Gasteiger partial charge in [-0.3, -0.25) is 15.6 Å². The smallest absolute Gasteiger partial charge is 0.251 e. The highest BCUT2D eigenvalue weighted by Crippen LogP contribution is 2.21. The Morgan fingerprint density at radius 1 is 1.08 bits per heavy atom. The quantitative estimate of drug-likeness (QED) is 0.0810. The van der Waals surface area contributed by atoms with Gasteiger partial charge in [0.1, 0.15) is 0 Å². The van der Waals surface area contributed by atoms with Gasteiger partial charge in [-0.25, -0.2) is 0 Å². The zero-order valence-electron chi connectivity index (χ0n) is 22.6. The van der Waals surface area contributed by atoms with Crippen molar-refractivity contribution in [2.45, 2.75) is 46.6 Å². The number of hydrazine groups is 1. The molecule has 1 heterocycles. The van der Waals surface area contributed by atoms with Crippen molar-refractivity contribution >= 4 is 40.5 Å². The van der Waals surface area contributed by atoms with Crippen LogP contribution >= 0.6 is 11.3 Å². The highest BCUT2D eigenvalue weighted by molar-refractivity contribution is 7.11. The molecule has 7 nitrogen and oxygen atoms in total. The van der Waals surface area contributed by atoms with E-state index in [0.717, 1.165) is 46.8 Å². The van der Waals surface area contributed by atoms with Crippen LogP contribution in [0.1, 0.15) is 52.9 Å². The van der Waals surface area contributed by atoms with Crippen LogP contribution in [0.5, 0.6) is 0 Å². The summed E-state index contributed by atoms with van der Waals surface area (Å²) in [6.45, 7) is 10.9. The zero-order chi connectivity index (χ0) is 27.8. The number of hydrogen-bond acceptors (Lipinski definition) is 7. The summed E-state index contributed by atoms with van der Waals surface area (Å²) in [5.41, 5.74) is 13.9. The van der Waals surface area contributed by atoms with Crippen LogP contribution in [0, 0.1) is 0 Å². The molecule has 3 rings (SSSR count). The van der Waals surface area contributed by atoms with Crippen LogP contribution in [0.4, 0.5) is 17.1 Å². The number of carbonyl (C=O) groups excluding carboxylic acids is 1. The molecule has 7 N–H and O–H groups in total. The van der Waals surface area contributed by atoms with Crippen LogP contribution in [0.25, 0.3) is 0 Å². The number of hydrogen-bond donors (Lipinski definition) is 5. The molecule has 0 unspecified atom stereocenters. The van der Waals surface area contributed by atoms with Crippen LogP contribution in [-0.2, 0) is 19.4 Å². The molecule has 1 amide bonds. The average molecular weight is 533 g/mol. The maximum absolute atomic E-state index is 12.4. The number of allylic oxidation sites excluding steroid dienone is 3. The summed E-state index contributed by atoms with van der Waals surface area (Å²) >= 11 is 1.72. The van der Waals surface area contributed by atoms with Crippen molar-refractivity contribution in [2.24, 2.45) is 10.8 Å². The lowest BCUT2D eigenvalue weighted by Gasteiger charge is -2.13. The van der Waals surface area contributed by atoms with Crippen molar-refractivity contribution in [3.63, 3.8) is 0 Å². The van der Waals surface area contributed by atoms with E-state index in [9.17, 15) is 4.79 Å². The van der Waals surface area contributed by atoms with Gasteiger partial charge in [0, 0.05) is 33.8 Å². The van der Waals surface area contributed by atoms with E-state index in [4.69, 9.17) is 11.6 Å². The second kappa shape index (κ2) is 16.8. The molecule has 0 aliphatic carbocycles. The Bertz CT molecular complexity index is 1230. The molecule has 0 atom stereocenters. The molecule has 0 aliphatic rings. The van der Waals surface area contributed by atoms with Crippen molar-refractivity contribution in [3.05, 3.63) is 99.9 Å². The number of carbonyl (C=O) groups is 1. The third kappa shape index (κ3) is 10.2. The lowest BCUT2D eigenvalue weighted by atomic mass is 10.1. The number of nitrogen functional groups attached to an aromatic ring is 2. The molecule has 0 saturated heterocycles. The molecule has 2 aromatic carbocycles. The molecule has 1 aromatic heterocycles. The standard InChI is InChI=1S/C22H27N5OS.C8H13N/c1-2-17-8-9-18(29-17)14-26-22(28)16-7-10-21(19(23)13-16)25-12-11-15-5-3-4-6-20(15)27-24;1-4-6-8(3)9-7-5-2/h3-10,13,25,27H,2,11-12,14,23-24H2,1H3,(H,26,28);5-7H,2,4H2,1,3H3/b;8-6-,9-7?. The molecular weight excluding hydrogens is 492 g/mol. The topological polar surface area (TPSA) is 118 Å². The summed E-state index contributed by atoms with van der Waals surface area (Å²) in [6.07, 6.45) is 8.29. The Balaban J connectivity index is 0.000000484. The largest absolute Gasteiger partial charge is 0.397 e. The molecule has 0 aliphatic heterocycles. The molecule has 0 radical (unpaired) electrons. The number of anilines is 3. The van der Waals surface area contributed by atoms with Gasteiger partial charge in [-0.1, -0.05) is 50.8 Å². The van der Waals surface area contributed by atoms with Crippen molar-refractivity contribution in [1.82, 2.24) is 5.32 Å². The van der Waals surface area contributed by atoms with E-state index in [0.29, 0.717) is 24.3 Å². The summed E-state index contributed by atoms with van der Waals surface area (Å²) in [4.78, 5) is 18.9. The number of thiophene rings is 1. The van der Waals surface area contributed by atoms with Gasteiger partial charge in [-0.2, -0.15) is 0 Å². The first-order valence-electron chi connectivity index (χ1n) is 12.8. The van der Waals surface area contributed by atoms with Gasteiger partial charge < -0.3 is 21.8 Å². The van der Waals surface area contributed by atoms with Crippen molar-refractivity contribution in [2.75, 3.05) is 23.0 Å². The minimum atomic E-state index is -0.127. The maximum atomic E-state index is 12.4. The number of benzene rings is 2. The number of nitrogens with zero attached hydrogens (tertiary/aromatic N) is 1. The van der Waals surface area contributed by atoms with Gasteiger partial charge in [0.15, 0.2) is 0 Å². The van der Waals surface area contributed by atoms with Gasteiger partial charge in [-0.05, 0) is 68.1 Å². The second-order valence-electron chi connectivity index (χ2n) is 8.45. The summed E-state index contributed by atoms with van der Waals surface area (Å²) in [6, 6.07) is 17.4. The minimum Gasteiger partial charge on any atom is -0.397 e. The first-order chi connectivity index (χ1) is 18.4. The number of aliphatic imine (C=N–C) groups is 1. The molecule has 0 fully saturated rings. The molecule has 8 heteroatoms. The van der Waals surface area contributed by atoms with Gasteiger partial charge in [0.05, 0.1) is 23.6 Å². The predicted octanol–water partition coefficient (Wildman–Crippen LogP) is 6.32. The fourth-order valence-electron chi connectivity index (χ4n) is 3.57. The molecule has 0 saturated carbocycles. The Kier molecular flexibility index (Phi) is 13.4. The van der Waals surface area contributed by atoms with Crippen molar-refractivity contribution in [1.29, 1.82) is 0 Å². The predicted molar refractivity (Wildman–Crippen MR) is 165 cm³/mol. The summed E-state index contributed by atoms with van der Waals surface area (Å²) in [5.74, 6) is 5.42. The maximum Gasteiger partial charge on any atom is 0.251 e. The average Bonchev–Trinajstić information content (AvgIpc) is 3.40. The van der Waals surface area contributed by atoms with Crippen LogP contribution < -0.4 is 27.6 Å². The fraction of sp³-hybridized carbons (Fsp3) is 0.267. The Labute approximate surface area is 230 Å². The van der Waals surface area contributed by atoms with Crippen LogP contribution in [0.3, 0.4) is 0 Å². The number of para-hydroxylation sites is 1. The van der Waals surface area contributed by atoms with E-state index in [2.05, 4.69) is 59.7 Å². The number of aryl methyl sites for hydroxylation is 1. The van der Waals surface area contributed by atoms with Crippen LogP contribution in [-0.4, -0.2) is 18.7 Å². The Hall–Kier alpha value is -3.88. The van der Waals surface area contributed by atoms with E-state index in [-0.39, 0.29) is 5.91 Å². The summed E-state index contributed by atoms with van der Waals surface area (Å²) in [5, 5.41) is 6.28. The normalized spacial score (nSPS) is 11.0. The van der Waals surface area contributed by atoms with E-state index < -0.39 is 0 Å². The highest BCUT2D eigenvalue weighted by Gasteiger charge is 2.09. The first kappa shape index (κ1) is 30.3. The SMILES string of the molecule is C=CC=N/C(C)=C\CC.CCc1ccc(CNC(=O)c2ccc(NCCc3ccccc3NN)c(N)c2)s1. The molecule has 38 heavy (non-hydrogen) atoms. The molecular formula is C30H40N6OS. The monoisotopic (exact) mass is 532 g/mol. The lowest BCUT2D eigenvalue weighted by molar-refractivity contribution is 0.0951. The van der Waals surface area contributed by atoms with Crippen LogP contribution in [0.15, 0.2) is 84.0 Å².